The van der Waals surface area contributed by atoms with Gasteiger partial charge in [0.2, 0.25) is 0 Å². The Labute approximate surface area is 304 Å². The summed E-state index contributed by atoms with van der Waals surface area (Å²) in [6.45, 7) is 31.2. The molecule has 1 saturated carbocycles. The average Bonchev–Trinajstić information content (AvgIpc) is 3.65. The van der Waals surface area contributed by atoms with Crippen molar-refractivity contribution in [3.8, 4) is 0 Å². The van der Waals surface area contributed by atoms with E-state index in [1.165, 1.54) is 50.5 Å². The van der Waals surface area contributed by atoms with Crippen molar-refractivity contribution in [3.63, 3.8) is 0 Å². The summed E-state index contributed by atoms with van der Waals surface area (Å²) >= 11 is -1.13. The molecule has 45 heavy (non-hydrogen) atoms. The van der Waals surface area contributed by atoms with E-state index in [0.29, 0.717) is 5.92 Å². The number of rotatable bonds is 12. The number of nitrogens with one attached hydrogen (secondary N) is 4. The van der Waals surface area contributed by atoms with Crippen LogP contribution in [0.1, 0.15) is 86.5 Å². The molecule has 4 N–H and O–H groups in total. The van der Waals surface area contributed by atoms with Crippen LogP contribution in [0.3, 0.4) is 0 Å². The van der Waals surface area contributed by atoms with E-state index in [4.69, 9.17) is 0 Å². The van der Waals surface area contributed by atoms with Gasteiger partial charge in [0.15, 0.2) is 0 Å². The van der Waals surface area contributed by atoms with Crippen molar-refractivity contribution in [1.29, 1.82) is 0 Å². The van der Waals surface area contributed by atoms with Crippen LogP contribution in [0, 0.1) is 11.8 Å². The third-order valence-electron chi connectivity index (χ3n) is 7.16. The molecule has 0 aromatic carbocycles. The second kappa shape index (κ2) is 26.9. The molecule has 8 heteroatoms. The molecule has 0 radical (unpaired) electrons. The number of hydrogen-bond donors (Lipinski definition) is 4. The van der Waals surface area contributed by atoms with Crippen LogP contribution in [-0.2, 0) is 45.5 Å². The molecule has 0 spiro atoms. The fourth-order valence-corrected chi connectivity index (χ4v) is 10.2. The molecule has 0 bridgehead atoms. The van der Waals surface area contributed by atoms with Crippen molar-refractivity contribution >= 4 is 23.2 Å². The van der Waals surface area contributed by atoms with Crippen molar-refractivity contribution in [2.75, 3.05) is 26.2 Å². The van der Waals surface area contributed by atoms with E-state index < -0.39 is 62.0 Å². The van der Waals surface area contributed by atoms with E-state index in [0.717, 1.165) is 32.1 Å². The van der Waals surface area contributed by atoms with Gasteiger partial charge >= 0.3 is 243 Å². The molecule has 0 amide bonds. The zero-order valence-corrected chi connectivity index (χ0v) is 38.3. The minimum atomic E-state index is -1.15. The molecule has 0 aliphatic heterocycles. The van der Waals surface area contributed by atoms with Crippen molar-refractivity contribution in [2.24, 2.45) is 11.8 Å². The first-order chi connectivity index (χ1) is 21.3. The Morgan fingerprint density at radius 2 is 1.16 bits per heavy atom. The first-order valence-corrected chi connectivity index (χ1v) is 29.6. The fraction of sp³-hybridized carbons (Fsp3) is 0.676. The van der Waals surface area contributed by atoms with Gasteiger partial charge in [0, 0.05) is 0 Å². The predicted molar refractivity (Wildman–Crippen MR) is 204 cm³/mol. The molecule has 0 atom stereocenters. The van der Waals surface area contributed by atoms with Gasteiger partial charge in [-0.3, -0.25) is 0 Å². The maximum absolute atomic E-state index is 3.57. The van der Waals surface area contributed by atoms with E-state index in [1.807, 2.05) is 0 Å². The van der Waals surface area contributed by atoms with E-state index in [2.05, 4.69) is 145 Å². The Morgan fingerprint density at radius 3 is 1.53 bits per heavy atom. The summed E-state index contributed by atoms with van der Waals surface area (Å²) in [5.74, 6) is 1.57. The molecular weight excluding hydrogens is 739 g/mol. The van der Waals surface area contributed by atoms with E-state index >= 15 is 0 Å². The standard InChI is InChI=1S/C11H15.C8H11.2C5H11NSi.2C4H11N.2Zr/c1-2-6-10(7-3-1)11-8-4-5-9-11;1-7(2)8-5-3-4-6-8;2*1-5-6-7(2,3)4;2*1-3-5-4-2;;/h8-10H,1-4,6-7H2;5-7H,3H2,1-2H3;2*5-6H,2-4H3;2*5H,3-4H2,1-2H3;;. The van der Waals surface area contributed by atoms with Gasteiger partial charge in [-0.05, 0) is 26.2 Å². The van der Waals surface area contributed by atoms with Gasteiger partial charge in [-0.15, -0.1) is 0 Å². The van der Waals surface area contributed by atoms with Gasteiger partial charge in [0.25, 0.3) is 0 Å². The molecule has 0 heterocycles. The predicted octanol–water partition coefficient (Wildman–Crippen LogP) is 8.71. The van der Waals surface area contributed by atoms with Crippen molar-refractivity contribution in [2.45, 2.75) is 126 Å². The summed E-state index contributed by atoms with van der Waals surface area (Å²) in [6.07, 6.45) is 23.6. The molecule has 1 fully saturated rings. The van der Waals surface area contributed by atoms with Gasteiger partial charge in [0.1, 0.15) is 0 Å². The SMILES string of the molecule is CC(C)C1=CC[C]([Zr]=[C]=CN[Si](C)(C)C)=C1.CCNCC.CCNCC.C[Si](C)(C)NC=[C]=[Zr][C]1=CC(C2CCCCC2)=CC1. The summed E-state index contributed by atoms with van der Waals surface area (Å²) in [5.41, 5.74) is 3.19. The van der Waals surface area contributed by atoms with E-state index in [1.54, 1.807) is 12.1 Å². The van der Waals surface area contributed by atoms with Crippen LogP contribution in [0.4, 0.5) is 0 Å². The monoisotopic (exact) mass is 806 g/mol. The summed E-state index contributed by atoms with van der Waals surface area (Å²) in [5, 5.41) is 6.22. The summed E-state index contributed by atoms with van der Waals surface area (Å²) in [7, 11) is -2.29. The van der Waals surface area contributed by atoms with Crippen LogP contribution in [0.25, 0.3) is 0 Å². The van der Waals surface area contributed by atoms with Crippen molar-refractivity contribution < 1.29 is 45.5 Å². The quantitative estimate of drug-likeness (QED) is 0.149. The Balaban J connectivity index is 0.000000669. The van der Waals surface area contributed by atoms with Crippen LogP contribution in [0.2, 0.25) is 39.3 Å². The zero-order chi connectivity index (χ0) is 34.1. The molecule has 0 aromatic heterocycles. The molecule has 0 saturated heterocycles. The normalized spacial score (nSPS) is 15.8. The van der Waals surface area contributed by atoms with Gasteiger partial charge in [-0.1, -0.05) is 27.7 Å². The fourth-order valence-electron chi connectivity index (χ4n) is 4.65. The number of allylic oxidation sites excluding steroid dienone is 8. The summed E-state index contributed by atoms with van der Waals surface area (Å²) in [4.78, 5) is 7.00. The molecule has 3 aliphatic rings. The zero-order valence-electron chi connectivity index (χ0n) is 31.4. The third kappa shape index (κ3) is 26.6. The Morgan fingerprint density at radius 1 is 0.711 bits per heavy atom. The Hall–Kier alpha value is -0.0200. The van der Waals surface area contributed by atoms with Gasteiger partial charge in [-0.2, -0.15) is 0 Å². The van der Waals surface area contributed by atoms with Crippen LogP contribution >= 0.6 is 0 Å². The van der Waals surface area contributed by atoms with Crippen LogP contribution in [-0.4, -0.2) is 49.4 Å². The van der Waals surface area contributed by atoms with Crippen molar-refractivity contribution in [1.82, 2.24) is 20.6 Å². The van der Waals surface area contributed by atoms with Gasteiger partial charge in [-0.25, -0.2) is 0 Å². The van der Waals surface area contributed by atoms with Gasteiger partial charge < -0.3 is 10.6 Å². The molecular formula is C37H70N4Si2Zr2. The van der Waals surface area contributed by atoms with Crippen LogP contribution < -0.4 is 20.6 Å². The van der Waals surface area contributed by atoms with E-state index in [-0.39, 0.29) is 0 Å². The van der Waals surface area contributed by atoms with Crippen molar-refractivity contribution in [3.05, 3.63) is 54.4 Å². The molecule has 0 aromatic rings. The van der Waals surface area contributed by atoms with E-state index in [9.17, 15) is 0 Å². The first-order valence-electron chi connectivity index (χ1n) is 17.7. The van der Waals surface area contributed by atoms with Gasteiger partial charge in [0.05, 0.1) is 0 Å². The third-order valence-corrected chi connectivity index (χ3v) is 13.9. The maximum atomic E-state index is 3.57. The second-order valence-electron chi connectivity index (χ2n) is 14.2. The summed E-state index contributed by atoms with van der Waals surface area (Å²) < 4.78 is 10.4. The molecule has 3 rings (SSSR count). The second-order valence-corrected chi connectivity index (χ2v) is 29.6. The minimum absolute atomic E-state index is 0.561. The first kappa shape index (κ1) is 45.0. The average molecular weight is 810 g/mol. The topological polar surface area (TPSA) is 48.1 Å². The molecule has 3 aliphatic carbocycles. The molecule has 254 valence electrons. The summed E-state index contributed by atoms with van der Waals surface area (Å²) in [6, 6.07) is 0. The molecule has 0 unspecified atom stereocenters. The Kier molecular flexibility index (Phi) is 26.9. The molecule has 4 nitrogen and oxygen atoms in total. The van der Waals surface area contributed by atoms with Crippen LogP contribution in [0.5, 0.6) is 0 Å². The van der Waals surface area contributed by atoms with Crippen LogP contribution in [0.15, 0.2) is 54.4 Å². The number of hydrogen-bond acceptors (Lipinski definition) is 4. The Bertz CT molecular complexity index is 1050.